The molecular weight excluding hydrogens is 273 g/mol. The molecule has 1 aliphatic heterocycles. The molecular formula is C16H12FNO3. The van der Waals surface area contributed by atoms with Crippen LogP contribution < -0.4 is 10.1 Å². The molecule has 0 spiro atoms. The van der Waals surface area contributed by atoms with Crippen LogP contribution in [-0.4, -0.2) is 18.1 Å². The van der Waals surface area contributed by atoms with E-state index < -0.39 is 5.82 Å². The summed E-state index contributed by atoms with van der Waals surface area (Å²) in [5.41, 5.74) is 2.16. The Bertz CT molecular complexity index is 768. The van der Waals surface area contributed by atoms with Gasteiger partial charge in [0.1, 0.15) is 5.82 Å². The van der Waals surface area contributed by atoms with Crippen molar-refractivity contribution >= 4 is 23.2 Å². The van der Waals surface area contributed by atoms with Gasteiger partial charge in [-0.1, -0.05) is 6.07 Å². The van der Waals surface area contributed by atoms with E-state index in [9.17, 15) is 14.3 Å². The number of halogens is 1. The number of rotatable bonds is 2. The van der Waals surface area contributed by atoms with E-state index in [-0.39, 0.29) is 11.7 Å². The smallest absolute Gasteiger partial charge is 0.256 e. The second-order valence-electron chi connectivity index (χ2n) is 4.63. The number of methoxy groups -OCH3 is 1. The molecule has 2 aromatic rings. The minimum Gasteiger partial charge on any atom is -0.504 e. The van der Waals surface area contributed by atoms with Crippen molar-refractivity contribution in [2.45, 2.75) is 0 Å². The molecule has 0 radical (unpaired) electrons. The third-order valence-electron chi connectivity index (χ3n) is 3.28. The molecule has 1 heterocycles. The van der Waals surface area contributed by atoms with Crippen LogP contribution in [0.5, 0.6) is 11.5 Å². The number of hydrogen-bond acceptors (Lipinski definition) is 3. The van der Waals surface area contributed by atoms with Crippen molar-refractivity contribution in [3.63, 3.8) is 0 Å². The maximum atomic E-state index is 13.2. The largest absolute Gasteiger partial charge is 0.504 e. The number of phenols is 1. The molecule has 2 N–H and O–H groups in total. The molecule has 0 atom stereocenters. The lowest BCUT2D eigenvalue weighted by Crippen LogP contribution is -2.03. The van der Waals surface area contributed by atoms with Gasteiger partial charge in [0, 0.05) is 11.1 Å². The highest BCUT2D eigenvalue weighted by Gasteiger charge is 2.24. The summed E-state index contributed by atoms with van der Waals surface area (Å²) >= 11 is 0. The number of ether oxygens (including phenoxy) is 1. The molecule has 1 aliphatic rings. The number of hydrogen-bond donors (Lipinski definition) is 2. The zero-order valence-corrected chi connectivity index (χ0v) is 11.2. The van der Waals surface area contributed by atoms with E-state index in [2.05, 4.69) is 5.32 Å². The molecule has 2 aromatic carbocycles. The third kappa shape index (κ3) is 2.33. The second kappa shape index (κ2) is 4.94. The quantitative estimate of drug-likeness (QED) is 0.834. The summed E-state index contributed by atoms with van der Waals surface area (Å²) in [4.78, 5) is 12.0. The molecule has 21 heavy (non-hydrogen) atoms. The normalized spacial score (nSPS) is 15.0. The zero-order valence-electron chi connectivity index (χ0n) is 11.2. The van der Waals surface area contributed by atoms with Gasteiger partial charge in [0.2, 0.25) is 0 Å². The van der Waals surface area contributed by atoms with Gasteiger partial charge in [-0.3, -0.25) is 4.79 Å². The molecule has 0 aromatic heterocycles. The van der Waals surface area contributed by atoms with Crippen LogP contribution in [0, 0.1) is 5.82 Å². The van der Waals surface area contributed by atoms with Crippen LogP contribution in [0.2, 0.25) is 0 Å². The number of benzene rings is 2. The van der Waals surface area contributed by atoms with Crippen LogP contribution in [0.1, 0.15) is 11.1 Å². The van der Waals surface area contributed by atoms with Crippen LogP contribution >= 0.6 is 0 Å². The van der Waals surface area contributed by atoms with Crippen molar-refractivity contribution in [1.82, 2.24) is 0 Å². The van der Waals surface area contributed by atoms with Crippen LogP contribution in [-0.2, 0) is 4.79 Å². The van der Waals surface area contributed by atoms with Crippen molar-refractivity contribution in [2.24, 2.45) is 0 Å². The summed E-state index contributed by atoms with van der Waals surface area (Å²) in [5, 5.41) is 12.4. The monoisotopic (exact) mass is 285 g/mol. The van der Waals surface area contributed by atoms with Crippen molar-refractivity contribution in [1.29, 1.82) is 0 Å². The van der Waals surface area contributed by atoms with Crippen molar-refractivity contribution < 1.29 is 19.0 Å². The topological polar surface area (TPSA) is 58.6 Å². The van der Waals surface area contributed by atoms with Gasteiger partial charge in [0.15, 0.2) is 11.5 Å². The Balaban J connectivity index is 2.04. The highest BCUT2D eigenvalue weighted by atomic mass is 19.1. The number of carbonyl (C=O) groups is 1. The van der Waals surface area contributed by atoms with Crippen LogP contribution in [0.4, 0.5) is 10.1 Å². The summed E-state index contributed by atoms with van der Waals surface area (Å²) in [7, 11) is 1.46. The Hall–Kier alpha value is -2.82. The van der Waals surface area contributed by atoms with Gasteiger partial charge in [0.05, 0.1) is 12.8 Å². The number of amides is 1. The SMILES string of the molecule is COc1ccc(C=C2C(=O)Nc3cc(F)ccc32)cc1O. The molecule has 1 amide bonds. The maximum absolute atomic E-state index is 13.2. The fourth-order valence-electron chi connectivity index (χ4n) is 2.27. The number of nitrogens with one attached hydrogen (secondary N) is 1. The summed E-state index contributed by atoms with van der Waals surface area (Å²) in [6.07, 6.45) is 1.64. The van der Waals surface area contributed by atoms with Gasteiger partial charge in [-0.2, -0.15) is 0 Å². The lowest BCUT2D eigenvalue weighted by Gasteiger charge is -2.04. The Kier molecular flexibility index (Phi) is 3.10. The minimum atomic E-state index is -0.405. The first kappa shape index (κ1) is 13.2. The van der Waals surface area contributed by atoms with Crippen molar-refractivity contribution in [2.75, 3.05) is 12.4 Å². The van der Waals surface area contributed by atoms with Crippen LogP contribution in [0.25, 0.3) is 11.6 Å². The highest BCUT2D eigenvalue weighted by Crippen LogP contribution is 2.34. The third-order valence-corrected chi connectivity index (χ3v) is 3.28. The number of phenolic OH excluding ortho intramolecular Hbond substituents is 1. The van der Waals surface area contributed by atoms with E-state index in [1.807, 2.05) is 0 Å². The molecule has 0 saturated carbocycles. The second-order valence-corrected chi connectivity index (χ2v) is 4.63. The summed E-state index contributed by atoms with van der Waals surface area (Å²) in [6, 6.07) is 8.97. The van der Waals surface area contributed by atoms with Crippen molar-refractivity contribution in [3.05, 3.63) is 53.3 Å². The first-order valence-electron chi connectivity index (χ1n) is 6.28. The predicted molar refractivity (Wildman–Crippen MR) is 77.6 cm³/mol. The average Bonchev–Trinajstić information content (AvgIpc) is 2.74. The Morgan fingerprint density at radius 2 is 2.05 bits per heavy atom. The standard InChI is InChI=1S/C16H12FNO3/c1-21-15-5-2-9(7-14(15)19)6-12-11-4-3-10(17)8-13(11)18-16(12)20/h2-8,19H,1H3,(H,18,20). The Morgan fingerprint density at radius 1 is 1.24 bits per heavy atom. The van der Waals surface area contributed by atoms with E-state index in [4.69, 9.17) is 4.74 Å². The molecule has 0 fully saturated rings. The van der Waals surface area contributed by atoms with Crippen LogP contribution in [0.3, 0.4) is 0 Å². The van der Waals surface area contributed by atoms with Gasteiger partial charge >= 0.3 is 0 Å². The van der Waals surface area contributed by atoms with Crippen LogP contribution in [0.15, 0.2) is 36.4 Å². The van der Waals surface area contributed by atoms with E-state index in [0.717, 1.165) is 0 Å². The van der Waals surface area contributed by atoms with Gasteiger partial charge < -0.3 is 15.2 Å². The first-order chi connectivity index (χ1) is 10.1. The van der Waals surface area contributed by atoms with Gasteiger partial charge in [-0.25, -0.2) is 4.39 Å². The number of fused-ring (bicyclic) bond motifs is 1. The Morgan fingerprint density at radius 3 is 2.76 bits per heavy atom. The fraction of sp³-hybridized carbons (Fsp3) is 0.0625. The molecule has 0 bridgehead atoms. The maximum Gasteiger partial charge on any atom is 0.256 e. The van der Waals surface area contributed by atoms with E-state index in [1.165, 1.54) is 25.3 Å². The van der Waals surface area contributed by atoms with Gasteiger partial charge in [-0.15, -0.1) is 0 Å². The molecule has 0 saturated heterocycles. The molecule has 3 rings (SSSR count). The van der Waals surface area contributed by atoms with Gasteiger partial charge in [-0.05, 0) is 42.0 Å². The number of carbonyl (C=O) groups excluding carboxylic acids is 1. The average molecular weight is 285 g/mol. The predicted octanol–water partition coefficient (Wildman–Crippen LogP) is 3.03. The highest BCUT2D eigenvalue weighted by molar-refractivity contribution is 6.34. The molecule has 106 valence electrons. The van der Waals surface area contributed by atoms with E-state index in [0.29, 0.717) is 28.1 Å². The lowest BCUT2D eigenvalue weighted by atomic mass is 10.0. The lowest BCUT2D eigenvalue weighted by molar-refractivity contribution is -0.110. The molecule has 0 unspecified atom stereocenters. The first-order valence-corrected chi connectivity index (χ1v) is 6.28. The number of aromatic hydroxyl groups is 1. The number of anilines is 1. The summed E-state index contributed by atoms with van der Waals surface area (Å²) < 4.78 is 18.1. The fourth-order valence-corrected chi connectivity index (χ4v) is 2.27. The van der Waals surface area contributed by atoms with Crippen molar-refractivity contribution in [3.8, 4) is 11.5 Å². The molecule has 5 heteroatoms. The van der Waals surface area contributed by atoms with E-state index in [1.54, 1.807) is 24.3 Å². The zero-order chi connectivity index (χ0) is 15.0. The molecule has 4 nitrogen and oxygen atoms in total. The minimum absolute atomic E-state index is 0.00964. The summed E-state index contributed by atoms with van der Waals surface area (Å²) in [5.74, 6) is -0.358. The summed E-state index contributed by atoms with van der Waals surface area (Å²) in [6.45, 7) is 0. The van der Waals surface area contributed by atoms with E-state index >= 15 is 0 Å². The molecule has 0 aliphatic carbocycles. The Labute approximate surface area is 120 Å². The van der Waals surface area contributed by atoms with Gasteiger partial charge in [0.25, 0.3) is 5.91 Å².